The van der Waals surface area contributed by atoms with E-state index < -0.39 is 8.32 Å². The van der Waals surface area contributed by atoms with Crippen molar-refractivity contribution in [2.45, 2.75) is 94.5 Å². The fourth-order valence-electron chi connectivity index (χ4n) is 7.94. The van der Waals surface area contributed by atoms with Gasteiger partial charge in [0, 0.05) is 22.9 Å². The summed E-state index contributed by atoms with van der Waals surface area (Å²) in [6.07, 6.45) is 6.19. The molecule has 1 unspecified atom stereocenters. The van der Waals surface area contributed by atoms with Crippen molar-refractivity contribution in [2.24, 2.45) is 0 Å². The summed E-state index contributed by atoms with van der Waals surface area (Å²) in [6.45, 7) is 14.9. The van der Waals surface area contributed by atoms with Crippen LogP contribution in [0.2, 0.25) is 16.6 Å². The van der Waals surface area contributed by atoms with Crippen molar-refractivity contribution in [3.05, 3.63) is 35.4 Å². The van der Waals surface area contributed by atoms with E-state index in [1.165, 1.54) is 5.56 Å². The maximum absolute atomic E-state index is 12.9. The Morgan fingerprint density at radius 3 is 2.24 bits per heavy atom. The predicted octanol–water partition coefficient (Wildman–Crippen LogP) is 6.18. The summed E-state index contributed by atoms with van der Waals surface area (Å²) in [7, 11) is 3.43. The molecular formula is C28H43NO4Si. The van der Waals surface area contributed by atoms with Crippen molar-refractivity contribution in [1.82, 2.24) is 4.90 Å². The number of hydrogen-bond donors (Lipinski definition) is 0. The highest BCUT2D eigenvalue weighted by atomic mass is 28.4. The first-order valence-electron chi connectivity index (χ1n) is 12.9. The van der Waals surface area contributed by atoms with Crippen molar-refractivity contribution in [3.63, 3.8) is 0 Å². The van der Waals surface area contributed by atoms with Crippen LogP contribution in [-0.4, -0.2) is 52.4 Å². The third-order valence-electron chi connectivity index (χ3n) is 9.37. The molecule has 1 heterocycles. The summed E-state index contributed by atoms with van der Waals surface area (Å²) in [5.74, 6) is 1.73. The van der Waals surface area contributed by atoms with Crippen LogP contribution in [0.5, 0.6) is 11.5 Å². The average Bonchev–Trinajstić information content (AvgIpc) is 3.08. The lowest BCUT2D eigenvalue weighted by Gasteiger charge is -2.57. The molecule has 0 radical (unpaired) electrons. The minimum Gasteiger partial charge on any atom is -0.493 e. The van der Waals surface area contributed by atoms with Crippen LogP contribution in [0.4, 0.5) is 0 Å². The number of carbonyl (C=O) groups excluding carboxylic acids is 1. The van der Waals surface area contributed by atoms with Gasteiger partial charge in [0.15, 0.2) is 17.3 Å². The van der Waals surface area contributed by atoms with Crippen LogP contribution in [-0.2, 0) is 14.6 Å². The molecule has 1 saturated heterocycles. The zero-order valence-corrected chi connectivity index (χ0v) is 23.5. The van der Waals surface area contributed by atoms with E-state index >= 15 is 0 Å². The van der Waals surface area contributed by atoms with E-state index in [0.29, 0.717) is 23.0 Å². The minimum absolute atomic E-state index is 0.0818. The number of benzene rings is 1. The molecule has 1 aromatic carbocycles. The van der Waals surface area contributed by atoms with Gasteiger partial charge in [0.05, 0.1) is 20.3 Å². The first kappa shape index (κ1) is 25.5. The lowest BCUT2D eigenvalue weighted by Crippen LogP contribution is -2.61. The molecule has 5 nitrogen and oxygen atoms in total. The third-order valence-corrected chi connectivity index (χ3v) is 15.5. The maximum atomic E-state index is 12.9. The van der Waals surface area contributed by atoms with Gasteiger partial charge in [0.1, 0.15) is 0 Å². The van der Waals surface area contributed by atoms with Crippen molar-refractivity contribution in [2.75, 3.05) is 27.8 Å². The van der Waals surface area contributed by atoms with Crippen LogP contribution in [0.15, 0.2) is 24.3 Å². The van der Waals surface area contributed by atoms with Crippen LogP contribution in [0.1, 0.15) is 78.0 Å². The molecule has 0 bridgehead atoms. The van der Waals surface area contributed by atoms with Crippen molar-refractivity contribution in [3.8, 4) is 11.5 Å². The van der Waals surface area contributed by atoms with E-state index in [1.54, 1.807) is 20.3 Å². The summed E-state index contributed by atoms with van der Waals surface area (Å²) in [6, 6.07) is 4.22. The molecule has 0 saturated carbocycles. The zero-order chi connectivity index (χ0) is 25.1. The van der Waals surface area contributed by atoms with E-state index in [0.717, 1.165) is 36.4 Å². The summed E-state index contributed by atoms with van der Waals surface area (Å²) in [4.78, 5) is 15.3. The Bertz CT molecular complexity index is 965. The van der Waals surface area contributed by atoms with Gasteiger partial charge in [0.2, 0.25) is 8.32 Å². The highest BCUT2D eigenvalue weighted by molar-refractivity contribution is 6.77. The smallest absolute Gasteiger partial charge is 0.201 e. The molecule has 4 rings (SSSR count). The second kappa shape index (κ2) is 8.79. The SMILES string of the molecule is COc1ccc2c(c1OC)[C@]13C=CC(=O)C[C@@]1(CC2O[Si](C(C)C)(C(C)C)C(C)C)N(C)CC3. The fraction of sp³-hybridized carbons (Fsp3) is 0.679. The third kappa shape index (κ3) is 3.28. The quantitative estimate of drug-likeness (QED) is 0.432. The number of fused-ring (bicyclic) bond motifs is 1. The van der Waals surface area contributed by atoms with E-state index in [2.05, 4.69) is 65.6 Å². The standard InChI is InChI=1S/C28H43NO4Si/c1-18(2)34(19(3)4,20(5)6)33-24-17-28-16-21(30)12-13-27(28,14-15-29(28)7)25-22(24)10-11-23(31-8)26(25)32-9/h10-13,18-20,24H,14-17H2,1-9H3/t24?,27-,28+/m1/s1. The van der Waals surface area contributed by atoms with Crippen LogP contribution in [0.3, 0.4) is 0 Å². The molecule has 188 valence electrons. The highest BCUT2D eigenvalue weighted by Crippen LogP contribution is 2.64. The number of ether oxygens (including phenoxy) is 2. The number of rotatable bonds is 7. The number of ketones is 1. The van der Waals surface area contributed by atoms with Gasteiger partial charge >= 0.3 is 0 Å². The second-order valence-corrected chi connectivity index (χ2v) is 17.0. The monoisotopic (exact) mass is 485 g/mol. The van der Waals surface area contributed by atoms with Gasteiger partial charge in [-0.1, -0.05) is 53.7 Å². The van der Waals surface area contributed by atoms with Gasteiger partial charge in [-0.25, -0.2) is 0 Å². The molecule has 0 N–H and O–H groups in total. The lowest BCUT2D eigenvalue weighted by atomic mass is 9.54. The van der Waals surface area contributed by atoms with Crippen molar-refractivity contribution >= 4 is 14.1 Å². The van der Waals surface area contributed by atoms with Crippen LogP contribution in [0, 0.1) is 0 Å². The fourth-order valence-corrected chi connectivity index (χ4v) is 13.5. The Balaban J connectivity index is 2.00. The Hall–Kier alpha value is -1.63. The number of likely N-dealkylation sites (N-methyl/N-ethyl adjacent to an activating group) is 1. The molecule has 3 atom stereocenters. The van der Waals surface area contributed by atoms with E-state index in [9.17, 15) is 4.79 Å². The summed E-state index contributed by atoms with van der Waals surface area (Å²) in [5.41, 5.74) is 3.21. The lowest BCUT2D eigenvalue weighted by molar-refractivity contribution is -0.119. The molecule has 1 fully saturated rings. The predicted molar refractivity (Wildman–Crippen MR) is 139 cm³/mol. The van der Waals surface area contributed by atoms with Gasteiger partial charge in [-0.2, -0.15) is 0 Å². The van der Waals surface area contributed by atoms with Crippen LogP contribution in [0.25, 0.3) is 0 Å². The van der Waals surface area contributed by atoms with Gasteiger partial charge in [0.25, 0.3) is 0 Å². The van der Waals surface area contributed by atoms with Gasteiger partial charge in [-0.15, -0.1) is 0 Å². The number of hydrogen-bond acceptors (Lipinski definition) is 5. The van der Waals surface area contributed by atoms with Gasteiger partial charge < -0.3 is 13.9 Å². The zero-order valence-electron chi connectivity index (χ0n) is 22.5. The summed E-state index contributed by atoms with van der Waals surface area (Å²) < 4.78 is 19.3. The maximum Gasteiger partial charge on any atom is 0.201 e. The van der Waals surface area contributed by atoms with Gasteiger partial charge in [-0.05, 0) is 60.8 Å². The Morgan fingerprint density at radius 2 is 1.68 bits per heavy atom. The molecule has 1 aliphatic heterocycles. The number of allylic oxidation sites excluding steroid dienone is 1. The van der Waals surface area contributed by atoms with Crippen molar-refractivity contribution in [1.29, 1.82) is 0 Å². The molecular weight excluding hydrogens is 442 g/mol. The minimum atomic E-state index is -2.17. The largest absolute Gasteiger partial charge is 0.493 e. The summed E-state index contributed by atoms with van der Waals surface area (Å²) in [5, 5.41) is 0. The number of nitrogens with zero attached hydrogens (tertiary/aromatic N) is 1. The Labute approximate surface area is 207 Å². The molecule has 1 aromatic rings. The first-order valence-corrected chi connectivity index (χ1v) is 15.0. The Morgan fingerprint density at radius 1 is 1.03 bits per heavy atom. The average molecular weight is 486 g/mol. The van der Waals surface area contributed by atoms with Gasteiger partial charge in [-0.3, -0.25) is 9.69 Å². The highest BCUT2D eigenvalue weighted by Gasteiger charge is 2.65. The molecule has 2 aliphatic carbocycles. The number of methoxy groups -OCH3 is 2. The van der Waals surface area contributed by atoms with E-state index in [1.807, 2.05) is 6.07 Å². The number of likely N-dealkylation sites (tertiary alicyclic amines) is 1. The normalized spacial score (nSPS) is 28.9. The Kier molecular flexibility index (Phi) is 6.58. The topological polar surface area (TPSA) is 48.0 Å². The first-order chi connectivity index (χ1) is 16.0. The molecule has 3 aliphatic rings. The van der Waals surface area contributed by atoms with Crippen LogP contribution < -0.4 is 9.47 Å². The second-order valence-electron chi connectivity index (χ2n) is 11.5. The number of carbonyl (C=O) groups is 1. The molecule has 0 aromatic heterocycles. The molecule has 34 heavy (non-hydrogen) atoms. The molecule has 0 amide bonds. The van der Waals surface area contributed by atoms with E-state index in [4.69, 9.17) is 13.9 Å². The molecule has 6 heteroatoms. The van der Waals surface area contributed by atoms with Crippen LogP contribution >= 0.6 is 0 Å². The van der Waals surface area contributed by atoms with E-state index in [-0.39, 0.29) is 22.8 Å². The van der Waals surface area contributed by atoms with Crippen molar-refractivity contribution < 1.29 is 18.7 Å². The molecule has 0 spiro atoms. The summed E-state index contributed by atoms with van der Waals surface area (Å²) >= 11 is 0.